The van der Waals surface area contributed by atoms with Gasteiger partial charge in [0.25, 0.3) is 0 Å². The zero-order chi connectivity index (χ0) is 12.8. The molecule has 1 aromatic carbocycles. The van der Waals surface area contributed by atoms with Crippen molar-refractivity contribution < 1.29 is 9.90 Å². The molecule has 1 unspecified atom stereocenters. The second kappa shape index (κ2) is 6.55. The van der Waals surface area contributed by atoms with E-state index in [9.17, 15) is 4.79 Å². The average molecular weight is 247 g/mol. The van der Waals surface area contributed by atoms with Crippen molar-refractivity contribution in [2.45, 2.75) is 38.1 Å². The number of carbonyl (C=O) groups is 1. The third-order valence-corrected chi connectivity index (χ3v) is 3.72. The summed E-state index contributed by atoms with van der Waals surface area (Å²) in [6.45, 7) is 2.17. The molecule has 1 atom stereocenters. The molecule has 0 aliphatic carbocycles. The molecular weight excluding hydrogens is 226 g/mol. The van der Waals surface area contributed by atoms with E-state index in [1.54, 1.807) is 0 Å². The Bertz CT molecular complexity index is 377. The number of hydrogen-bond acceptors (Lipinski definition) is 2. The first-order chi connectivity index (χ1) is 8.75. The maximum atomic E-state index is 10.6. The van der Waals surface area contributed by atoms with Crippen molar-refractivity contribution in [1.82, 2.24) is 4.90 Å². The van der Waals surface area contributed by atoms with E-state index in [0.717, 1.165) is 32.4 Å². The van der Waals surface area contributed by atoms with Gasteiger partial charge in [0, 0.05) is 19.0 Å². The highest BCUT2D eigenvalue weighted by Crippen LogP contribution is 2.21. The first-order valence-corrected chi connectivity index (χ1v) is 6.75. The van der Waals surface area contributed by atoms with Gasteiger partial charge in [-0.3, -0.25) is 4.79 Å². The van der Waals surface area contributed by atoms with Gasteiger partial charge in [0.05, 0.1) is 0 Å². The predicted octanol–water partition coefficient (Wildman–Crippen LogP) is 2.56. The Morgan fingerprint density at radius 3 is 2.83 bits per heavy atom. The third-order valence-electron chi connectivity index (χ3n) is 3.72. The minimum absolute atomic E-state index is 0.298. The Labute approximate surface area is 108 Å². The van der Waals surface area contributed by atoms with Gasteiger partial charge in [0.2, 0.25) is 0 Å². The lowest BCUT2D eigenvalue weighted by atomic mass is 10.1. The molecule has 1 fully saturated rings. The molecule has 1 aliphatic heterocycles. The molecule has 98 valence electrons. The van der Waals surface area contributed by atoms with Crippen LogP contribution in [0.1, 0.15) is 31.2 Å². The molecule has 0 amide bonds. The lowest BCUT2D eigenvalue weighted by Crippen LogP contribution is -2.31. The van der Waals surface area contributed by atoms with E-state index in [2.05, 4.69) is 29.2 Å². The summed E-state index contributed by atoms with van der Waals surface area (Å²) in [6, 6.07) is 11.0. The molecule has 0 bridgehead atoms. The number of rotatable bonds is 6. The number of nitrogens with zero attached hydrogens (tertiary/aromatic N) is 1. The zero-order valence-electron chi connectivity index (χ0n) is 10.7. The predicted molar refractivity (Wildman–Crippen MR) is 71.6 cm³/mol. The number of aliphatic carboxylic acids is 1. The zero-order valence-corrected chi connectivity index (χ0v) is 10.7. The molecular formula is C15H21NO2. The Morgan fingerprint density at radius 2 is 2.11 bits per heavy atom. The van der Waals surface area contributed by atoms with Crippen LogP contribution in [-0.4, -0.2) is 35.1 Å². The highest BCUT2D eigenvalue weighted by molar-refractivity contribution is 5.66. The van der Waals surface area contributed by atoms with Crippen LogP contribution in [0.25, 0.3) is 0 Å². The van der Waals surface area contributed by atoms with Crippen molar-refractivity contribution in [3.05, 3.63) is 35.9 Å². The monoisotopic (exact) mass is 247 g/mol. The molecule has 1 aliphatic rings. The minimum atomic E-state index is -0.676. The van der Waals surface area contributed by atoms with E-state index >= 15 is 0 Å². The second-order valence-corrected chi connectivity index (χ2v) is 5.00. The molecule has 0 radical (unpaired) electrons. The maximum absolute atomic E-state index is 10.6. The molecule has 0 saturated carbocycles. The Morgan fingerprint density at radius 1 is 1.33 bits per heavy atom. The standard InChI is InChI=1S/C15H21NO2/c17-15(18)9-8-14-7-4-11-16(14)12-10-13-5-2-1-3-6-13/h1-3,5-6,14H,4,7-12H2,(H,17,18). The summed E-state index contributed by atoms with van der Waals surface area (Å²) in [6.07, 6.45) is 4.52. The van der Waals surface area contributed by atoms with E-state index in [-0.39, 0.29) is 0 Å². The van der Waals surface area contributed by atoms with E-state index in [1.807, 2.05) is 6.07 Å². The van der Waals surface area contributed by atoms with E-state index in [0.29, 0.717) is 12.5 Å². The van der Waals surface area contributed by atoms with Crippen LogP contribution < -0.4 is 0 Å². The largest absolute Gasteiger partial charge is 0.481 e. The van der Waals surface area contributed by atoms with Crippen molar-refractivity contribution in [2.24, 2.45) is 0 Å². The van der Waals surface area contributed by atoms with Gasteiger partial charge in [-0.05, 0) is 37.8 Å². The van der Waals surface area contributed by atoms with E-state index in [4.69, 9.17) is 5.11 Å². The fraction of sp³-hybridized carbons (Fsp3) is 0.533. The fourth-order valence-electron chi connectivity index (χ4n) is 2.72. The van der Waals surface area contributed by atoms with Crippen LogP contribution in [-0.2, 0) is 11.2 Å². The minimum Gasteiger partial charge on any atom is -0.481 e. The fourth-order valence-corrected chi connectivity index (χ4v) is 2.72. The van der Waals surface area contributed by atoms with Crippen LogP contribution in [0.3, 0.4) is 0 Å². The second-order valence-electron chi connectivity index (χ2n) is 5.00. The Balaban J connectivity index is 1.79. The van der Waals surface area contributed by atoms with Gasteiger partial charge >= 0.3 is 5.97 Å². The van der Waals surface area contributed by atoms with Crippen molar-refractivity contribution in [3.63, 3.8) is 0 Å². The summed E-state index contributed by atoms with van der Waals surface area (Å²) in [7, 11) is 0. The molecule has 1 saturated heterocycles. The van der Waals surface area contributed by atoms with Gasteiger partial charge in [-0.25, -0.2) is 0 Å². The number of benzene rings is 1. The molecule has 3 nitrogen and oxygen atoms in total. The molecule has 1 N–H and O–H groups in total. The van der Waals surface area contributed by atoms with Gasteiger partial charge in [0.1, 0.15) is 0 Å². The summed E-state index contributed by atoms with van der Waals surface area (Å²) >= 11 is 0. The summed E-state index contributed by atoms with van der Waals surface area (Å²) in [5.41, 5.74) is 1.36. The van der Waals surface area contributed by atoms with Gasteiger partial charge in [0.15, 0.2) is 0 Å². The highest BCUT2D eigenvalue weighted by Gasteiger charge is 2.24. The van der Waals surface area contributed by atoms with Crippen LogP contribution in [0, 0.1) is 0 Å². The van der Waals surface area contributed by atoms with Gasteiger partial charge in [-0.2, -0.15) is 0 Å². The first kappa shape index (κ1) is 13.1. The van der Waals surface area contributed by atoms with E-state index < -0.39 is 5.97 Å². The van der Waals surface area contributed by atoms with Crippen molar-refractivity contribution in [2.75, 3.05) is 13.1 Å². The number of carboxylic acid groups (broad SMARTS) is 1. The van der Waals surface area contributed by atoms with Crippen LogP contribution in [0.4, 0.5) is 0 Å². The molecule has 2 rings (SSSR count). The smallest absolute Gasteiger partial charge is 0.303 e. The summed E-state index contributed by atoms with van der Waals surface area (Å²) in [5.74, 6) is -0.676. The number of carboxylic acids is 1. The van der Waals surface area contributed by atoms with Crippen molar-refractivity contribution in [1.29, 1.82) is 0 Å². The quantitative estimate of drug-likeness (QED) is 0.840. The Hall–Kier alpha value is -1.35. The SMILES string of the molecule is O=C(O)CCC1CCCN1CCc1ccccc1. The van der Waals surface area contributed by atoms with Crippen LogP contribution in [0.15, 0.2) is 30.3 Å². The normalized spacial score (nSPS) is 20.1. The van der Waals surface area contributed by atoms with Gasteiger partial charge in [-0.15, -0.1) is 0 Å². The maximum Gasteiger partial charge on any atom is 0.303 e. The third kappa shape index (κ3) is 3.84. The lowest BCUT2D eigenvalue weighted by Gasteiger charge is -2.23. The topological polar surface area (TPSA) is 40.5 Å². The number of likely N-dealkylation sites (tertiary alicyclic amines) is 1. The summed E-state index contributed by atoms with van der Waals surface area (Å²) in [4.78, 5) is 13.1. The number of hydrogen-bond donors (Lipinski definition) is 1. The van der Waals surface area contributed by atoms with Crippen LogP contribution in [0.2, 0.25) is 0 Å². The van der Waals surface area contributed by atoms with Crippen LogP contribution >= 0.6 is 0 Å². The summed E-state index contributed by atoms with van der Waals surface area (Å²) < 4.78 is 0. The van der Waals surface area contributed by atoms with Gasteiger partial charge in [-0.1, -0.05) is 30.3 Å². The Kier molecular flexibility index (Phi) is 4.76. The van der Waals surface area contributed by atoms with Crippen LogP contribution in [0.5, 0.6) is 0 Å². The first-order valence-electron chi connectivity index (χ1n) is 6.75. The molecule has 1 aromatic rings. The summed E-state index contributed by atoms with van der Waals surface area (Å²) in [5, 5.41) is 8.75. The molecule has 0 aromatic heterocycles. The molecule has 0 spiro atoms. The molecule has 1 heterocycles. The molecule has 18 heavy (non-hydrogen) atoms. The van der Waals surface area contributed by atoms with E-state index in [1.165, 1.54) is 12.0 Å². The average Bonchev–Trinajstić information content (AvgIpc) is 2.82. The van der Waals surface area contributed by atoms with Gasteiger partial charge < -0.3 is 10.0 Å². The molecule has 3 heteroatoms. The lowest BCUT2D eigenvalue weighted by molar-refractivity contribution is -0.137. The highest BCUT2D eigenvalue weighted by atomic mass is 16.4. The van der Waals surface area contributed by atoms with Crippen molar-refractivity contribution >= 4 is 5.97 Å². The van der Waals surface area contributed by atoms with Crippen molar-refractivity contribution in [3.8, 4) is 0 Å².